The number of likely N-dealkylation sites (N-methyl/N-ethyl adjacent to an activating group) is 1. The molecule has 4 heterocycles. The Hall–Kier alpha value is -3.46. The molecule has 0 radical (unpaired) electrons. The SMILES string of the molecule is CC1C(=O)CCCN1c1ncc(-c2cccc(Nc3nccc(N4CCN(C)CC4)n3)c2)o1. The maximum atomic E-state index is 12.1. The van der Waals surface area contributed by atoms with Gasteiger partial charge in [0.25, 0.3) is 6.01 Å². The van der Waals surface area contributed by atoms with Crippen molar-refractivity contribution in [3.05, 3.63) is 42.7 Å². The first kappa shape index (κ1) is 21.4. The van der Waals surface area contributed by atoms with Gasteiger partial charge in [0.1, 0.15) is 5.82 Å². The number of hydrogen-bond acceptors (Lipinski definition) is 9. The summed E-state index contributed by atoms with van der Waals surface area (Å²) in [4.78, 5) is 32.2. The van der Waals surface area contributed by atoms with Crippen LogP contribution in [0.3, 0.4) is 0 Å². The minimum absolute atomic E-state index is 0.206. The molecule has 33 heavy (non-hydrogen) atoms. The van der Waals surface area contributed by atoms with E-state index in [4.69, 9.17) is 9.40 Å². The highest BCUT2D eigenvalue weighted by molar-refractivity contribution is 5.87. The molecule has 0 spiro atoms. The van der Waals surface area contributed by atoms with E-state index in [0.29, 0.717) is 24.1 Å². The van der Waals surface area contributed by atoms with Crippen LogP contribution in [0.1, 0.15) is 19.8 Å². The van der Waals surface area contributed by atoms with Crippen molar-refractivity contribution >= 4 is 29.3 Å². The highest BCUT2D eigenvalue weighted by Crippen LogP contribution is 2.29. The smallest absolute Gasteiger partial charge is 0.298 e. The minimum atomic E-state index is -0.206. The van der Waals surface area contributed by atoms with Gasteiger partial charge >= 0.3 is 0 Å². The monoisotopic (exact) mass is 447 g/mol. The number of hydrogen-bond donors (Lipinski definition) is 1. The minimum Gasteiger partial charge on any atom is -0.423 e. The van der Waals surface area contributed by atoms with Crippen molar-refractivity contribution in [2.45, 2.75) is 25.8 Å². The lowest BCUT2D eigenvalue weighted by Crippen LogP contribution is -2.44. The molecule has 1 aromatic carbocycles. The second-order valence-corrected chi connectivity index (χ2v) is 8.68. The van der Waals surface area contributed by atoms with Gasteiger partial charge in [0.05, 0.1) is 12.2 Å². The topological polar surface area (TPSA) is 90.6 Å². The van der Waals surface area contributed by atoms with Crippen LogP contribution < -0.4 is 15.1 Å². The van der Waals surface area contributed by atoms with Gasteiger partial charge in [0.2, 0.25) is 5.95 Å². The summed E-state index contributed by atoms with van der Waals surface area (Å²) >= 11 is 0. The average molecular weight is 448 g/mol. The lowest BCUT2D eigenvalue weighted by molar-refractivity contribution is -0.121. The molecule has 9 nitrogen and oxygen atoms in total. The van der Waals surface area contributed by atoms with Crippen molar-refractivity contribution in [1.82, 2.24) is 19.9 Å². The molecule has 1 unspecified atom stereocenters. The average Bonchev–Trinajstić information content (AvgIpc) is 3.32. The van der Waals surface area contributed by atoms with Gasteiger partial charge in [0, 0.05) is 56.6 Å². The Labute approximate surface area is 193 Å². The van der Waals surface area contributed by atoms with Crippen LogP contribution in [0.5, 0.6) is 0 Å². The standard InChI is InChI=1S/C24H29N7O2/c1-17-20(32)7-4-10-31(17)24-26-16-21(33-24)18-5-3-6-19(15-18)27-23-25-9-8-22(28-23)30-13-11-29(2)12-14-30/h3,5-6,8-9,15-17H,4,7,10-14H2,1-2H3,(H,25,27,28). The Balaban J connectivity index is 1.31. The molecule has 0 saturated carbocycles. The van der Waals surface area contributed by atoms with Crippen molar-refractivity contribution in [1.29, 1.82) is 0 Å². The summed E-state index contributed by atoms with van der Waals surface area (Å²) in [6.45, 7) is 6.65. The zero-order chi connectivity index (χ0) is 22.8. The van der Waals surface area contributed by atoms with Crippen LogP contribution in [0.4, 0.5) is 23.5 Å². The number of aromatic nitrogens is 3. The third-order valence-electron chi connectivity index (χ3n) is 6.37. The molecule has 0 aliphatic carbocycles. The van der Waals surface area contributed by atoms with E-state index >= 15 is 0 Å². The molecule has 1 N–H and O–H groups in total. The Morgan fingerprint density at radius 3 is 2.79 bits per heavy atom. The Bertz CT molecular complexity index is 1120. The van der Waals surface area contributed by atoms with E-state index in [1.165, 1.54) is 0 Å². The number of nitrogens with one attached hydrogen (secondary N) is 1. The molecule has 2 aliphatic rings. The molecule has 0 bridgehead atoms. The summed E-state index contributed by atoms with van der Waals surface area (Å²) in [6, 6.07) is 10.1. The second kappa shape index (κ2) is 9.19. The van der Waals surface area contributed by atoms with Crippen molar-refractivity contribution in [2.24, 2.45) is 0 Å². The van der Waals surface area contributed by atoms with E-state index in [-0.39, 0.29) is 11.8 Å². The molecular formula is C24H29N7O2. The first-order valence-electron chi connectivity index (χ1n) is 11.5. The molecule has 3 aromatic rings. The van der Waals surface area contributed by atoms with Gasteiger partial charge in [0.15, 0.2) is 11.5 Å². The van der Waals surface area contributed by atoms with E-state index in [9.17, 15) is 4.79 Å². The number of piperazine rings is 1. The summed E-state index contributed by atoms with van der Waals surface area (Å²) in [5, 5.41) is 3.31. The molecule has 2 aliphatic heterocycles. The number of piperidine rings is 1. The van der Waals surface area contributed by atoms with Crippen molar-refractivity contribution in [3.63, 3.8) is 0 Å². The number of carbonyl (C=O) groups excluding carboxylic acids is 1. The van der Waals surface area contributed by atoms with Gasteiger partial charge in [-0.15, -0.1) is 0 Å². The molecule has 2 fully saturated rings. The van der Waals surface area contributed by atoms with Crippen LogP contribution in [0.2, 0.25) is 0 Å². The lowest BCUT2D eigenvalue weighted by atomic mass is 10.0. The summed E-state index contributed by atoms with van der Waals surface area (Å²) in [6.07, 6.45) is 4.95. The van der Waals surface area contributed by atoms with Crippen molar-refractivity contribution in [3.8, 4) is 11.3 Å². The van der Waals surface area contributed by atoms with Gasteiger partial charge in [-0.05, 0) is 38.6 Å². The molecule has 172 valence electrons. The summed E-state index contributed by atoms with van der Waals surface area (Å²) < 4.78 is 6.03. The normalized spacial score (nSPS) is 19.7. The van der Waals surface area contributed by atoms with Crippen LogP contribution in [0.15, 0.2) is 47.1 Å². The van der Waals surface area contributed by atoms with Gasteiger partial charge < -0.3 is 24.4 Å². The fraction of sp³-hybridized carbons (Fsp3) is 0.417. The Morgan fingerprint density at radius 2 is 1.94 bits per heavy atom. The summed E-state index contributed by atoms with van der Waals surface area (Å²) in [5.41, 5.74) is 1.76. The van der Waals surface area contributed by atoms with Gasteiger partial charge in [-0.2, -0.15) is 4.98 Å². The lowest BCUT2D eigenvalue weighted by Gasteiger charge is -2.33. The predicted molar refractivity (Wildman–Crippen MR) is 128 cm³/mol. The molecule has 5 rings (SSSR count). The fourth-order valence-corrected chi connectivity index (χ4v) is 4.29. The quantitative estimate of drug-likeness (QED) is 0.633. The number of nitrogens with zero attached hydrogens (tertiary/aromatic N) is 6. The van der Waals surface area contributed by atoms with Crippen LogP contribution >= 0.6 is 0 Å². The van der Waals surface area contributed by atoms with E-state index in [1.54, 1.807) is 12.4 Å². The zero-order valence-electron chi connectivity index (χ0n) is 19.1. The maximum absolute atomic E-state index is 12.1. The fourth-order valence-electron chi connectivity index (χ4n) is 4.29. The van der Waals surface area contributed by atoms with E-state index < -0.39 is 0 Å². The van der Waals surface area contributed by atoms with Crippen LogP contribution in [-0.2, 0) is 4.79 Å². The number of ketones is 1. The number of benzene rings is 1. The first-order chi connectivity index (χ1) is 16.1. The number of anilines is 4. The number of carbonyl (C=O) groups is 1. The van der Waals surface area contributed by atoms with Crippen LogP contribution in [-0.4, -0.2) is 71.4 Å². The molecule has 2 aromatic heterocycles. The highest BCUT2D eigenvalue weighted by Gasteiger charge is 2.28. The number of rotatable bonds is 5. The summed E-state index contributed by atoms with van der Waals surface area (Å²) in [5.74, 6) is 2.38. The molecule has 9 heteroatoms. The number of Topliss-reactive ketones (excluding diaryl/α,β-unsaturated/α-hetero) is 1. The summed E-state index contributed by atoms with van der Waals surface area (Å²) in [7, 11) is 2.14. The Morgan fingerprint density at radius 1 is 1.09 bits per heavy atom. The molecule has 1 atom stereocenters. The Kier molecular flexibility index (Phi) is 5.95. The van der Waals surface area contributed by atoms with Gasteiger partial charge in [-0.1, -0.05) is 12.1 Å². The van der Waals surface area contributed by atoms with E-state index in [1.807, 2.05) is 42.2 Å². The second-order valence-electron chi connectivity index (χ2n) is 8.68. The van der Waals surface area contributed by atoms with Crippen LogP contribution in [0.25, 0.3) is 11.3 Å². The predicted octanol–water partition coefficient (Wildman–Crippen LogP) is 3.18. The highest BCUT2D eigenvalue weighted by atomic mass is 16.4. The largest absolute Gasteiger partial charge is 0.423 e. The van der Waals surface area contributed by atoms with Gasteiger partial charge in [-0.3, -0.25) is 4.79 Å². The van der Waals surface area contributed by atoms with Crippen molar-refractivity contribution < 1.29 is 9.21 Å². The first-order valence-corrected chi connectivity index (χ1v) is 11.5. The van der Waals surface area contributed by atoms with Crippen LogP contribution in [0, 0.1) is 0 Å². The van der Waals surface area contributed by atoms with E-state index in [2.05, 4.69) is 32.1 Å². The molecule has 0 amide bonds. The third-order valence-corrected chi connectivity index (χ3v) is 6.37. The number of oxazole rings is 1. The van der Waals surface area contributed by atoms with Gasteiger partial charge in [-0.25, -0.2) is 9.97 Å². The maximum Gasteiger partial charge on any atom is 0.298 e. The zero-order valence-corrected chi connectivity index (χ0v) is 19.1. The third kappa shape index (κ3) is 4.68. The molecule has 2 saturated heterocycles. The molecular weight excluding hydrogens is 418 g/mol. The van der Waals surface area contributed by atoms with E-state index in [0.717, 1.165) is 56.2 Å². The van der Waals surface area contributed by atoms with Crippen molar-refractivity contribution in [2.75, 3.05) is 54.9 Å².